The third-order valence-electron chi connectivity index (χ3n) is 2.94. The van der Waals surface area contributed by atoms with Gasteiger partial charge in [-0.3, -0.25) is 4.79 Å². The average molecular weight is 332 g/mol. The van der Waals surface area contributed by atoms with Crippen LogP contribution in [0.1, 0.15) is 15.9 Å². The van der Waals surface area contributed by atoms with E-state index in [2.05, 4.69) is 9.71 Å². The van der Waals surface area contributed by atoms with E-state index in [9.17, 15) is 13.2 Å². The van der Waals surface area contributed by atoms with Crippen LogP contribution < -0.4 is 16.8 Å². The number of rotatable bonds is 5. The average Bonchev–Trinajstić information content (AvgIpc) is 2.52. The zero-order chi connectivity index (χ0) is 16.9. The molecule has 0 radical (unpaired) electrons. The van der Waals surface area contributed by atoms with Crippen LogP contribution in [0.25, 0.3) is 0 Å². The van der Waals surface area contributed by atoms with Crippen molar-refractivity contribution in [3.8, 4) is 0 Å². The second kappa shape index (κ2) is 6.93. The molecule has 0 heterocycles. The number of hydrogen-bond acceptors (Lipinski definition) is 3. The summed E-state index contributed by atoms with van der Waals surface area (Å²) in [5.41, 5.74) is 11.5. The van der Waals surface area contributed by atoms with E-state index < -0.39 is 16.0 Å². The SMILES string of the molecule is NC(N)=NS(=O)(=O)c1ccc(CNC(=O)c2ccccc2)cc1. The Hall–Kier alpha value is -2.87. The van der Waals surface area contributed by atoms with Gasteiger partial charge in [-0.05, 0) is 29.8 Å². The Morgan fingerprint density at radius 1 is 1.00 bits per heavy atom. The highest BCUT2D eigenvalue weighted by atomic mass is 32.2. The van der Waals surface area contributed by atoms with Gasteiger partial charge in [0.2, 0.25) is 5.96 Å². The topological polar surface area (TPSA) is 128 Å². The van der Waals surface area contributed by atoms with E-state index in [4.69, 9.17) is 11.5 Å². The fraction of sp³-hybridized carbons (Fsp3) is 0.0667. The van der Waals surface area contributed by atoms with E-state index in [0.29, 0.717) is 5.56 Å². The number of carbonyl (C=O) groups is 1. The molecule has 23 heavy (non-hydrogen) atoms. The number of guanidine groups is 1. The van der Waals surface area contributed by atoms with Crippen LogP contribution in [0.4, 0.5) is 0 Å². The van der Waals surface area contributed by atoms with Crippen molar-refractivity contribution in [2.24, 2.45) is 15.9 Å². The first-order valence-corrected chi connectivity index (χ1v) is 8.10. The lowest BCUT2D eigenvalue weighted by Gasteiger charge is -2.06. The number of amides is 1. The molecule has 0 unspecified atom stereocenters. The third-order valence-corrected chi connectivity index (χ3v) is 4.25. The van der Waals surface area contributed by atoms with E-state index in [-0.39, 0.29) is 17.3 Å². The minimum absolute atomic E-state index is 0.0240. The van der Waals surface area contributed by atoms with E-state index in [1.807, 2.05) is 6.07 Å². The van der Waals surface area contributed by atoms with Crippen molar-refractivity contribution in [1.29, 1.82) is 0 Å². The van der Waals surface area contributed by atoms with E-state index in [1.165, 1.54) is 12.1 Å². The van der Waals surface area contributed by atoms with Crippen molar-refractivity contribution in [3.05, 3.63) is 65.7 Å². The monoisotopic (exact) mass is 332 g/mol. The zero-order valence-corrected chi connectivity index (χ0v) is 13.0. The third kappa shape index (κ3) is 4.55. The molecular formula is C15H16N4O3S. The second-order valence-corrected chi connectivity index (χ2v) is 6.29. The number of hydrogen-bond donors (Lipinski definition) is 3. The molecule has 0 saturated heterocycles. The maximum absolute atomic E-state index is 11.9. The smallest absolute Gasteiger partial charge is 0.285 e. The van der Waals surface area contributed by atoms with Crippen molar-refractivity contribution in [2.75, 3.05) is 0 Å². The van der Waals surface area contributed by atoms with Crippen molar-refractivity contribution in [2.45, 2.75) is 11.4 Å². The molecule has 0 aromatic heterocycles. The summed E-state index contributed by atoms with van der Waals surface area (Å²) in [6.07, 6.45) is 0. The predicted molar refractivity (Wildman–Crippen MR) is 87.0 cm³/mol. The second-order valence-electron chi connectivity index (χ2n) is 4.68. The van der Waals surface area contributed by atoms with Crippen molar-refractivity contribution in [3.63, 3.8) is 0 Å². The molecule has 0 aliphatic heterocycles. The van der Waals surface area contributed by atoms with Gasteiger partial charge in [0.25, 0.3) is 15.9 Å². The molecule has 2 aromatic carbocycles. The van der Waals surface area contributed by atoms with Gasteiger partial charge >= 0.3 is 0 Å². The van der Waals surface area contributed by atoms with Crippen LogP contribution in [0.5, 0.6) is 0 Å². The summed E-state index contributed by atoms with van der Waals surface area (Å²) < 4.78 is 26.8. The summed E-state index contributed by atoms with van der Waals surface area (Å²) in [6, 6.07) is 14.7. The molecule has 0 bridgehead atoms. The van der Waals surface area contributed by atoms with Crippen LogP contribution in [-0.2, 0) is 16.6 Å². The van der Waals surface area contributed by atoms with E-state index >= 15 is 0 Å². The minimum atomic E-state index is -3.90. The summed E-state index contributed by atoms with van der Waals surface area (Å²) in [5, 5.41) is 2.75. The van der Waals surface area contributed by atoms with Gasteiger partial charge < -0.3 is 16.8 Å². The summed E-state index contributed by atoms with van der Waals surface area (Å²) in [5.74, 6) is -0.730. The lowest BCUT2D eigenvalue weighted by atomic mass is 10.2. The Morgan fingerprint density at radius 2 is 1.61 bits per heavy atom. The number of nitrogens with one attached hydrogen (secondary N) is 1. The Morgan fingerprint density at radius 3 is 2.17 bits per heavy atom. The summed E-state index contributed by atoms with van der Waals surface area (Å²) in [7, 11) is -3.90. The lowest BCUT2D eigenvalue weighted by Crippen LogP contribution is -2.24. The van der Waals surface area contributed by atoms with Crippen LogP contribution in [0, 0.1) is 0 Å². The Kier molecular flexibility index (Phi) is 4.97. The highest BCUT2D eigenvalue weighted by Gasteiger charge is 2.13. The molecule has 0 aliphatic carbocycles. The molecule has 0 aliphatic rings. The maximum atomic E-state index is 11.9. The molecule has 5 N–H and O–H groups in total. The number of carbonyl (C=O) groups excluding carboxylic acids is 1. The molecule has 0 fully saturated rings. The van der Waals surface area contributed by atoms with Crippen LogP contribution in [-0.4, -0.2) is 20.3 Å². The maximum Gasteiger partial charge on any atom is 0.285 e. The largest absolute Gasteiger partial charge is 0.369 e. The Bertz CT molecular complexity index is 812. The first-order valence-electron chi connectivity index (χ1n) is 6.66. The predicted octanol–water partition coefficient (Wildman–Crippen LogP) is 0.579. The van der Waals surface area contributed by atoms with Crippen molar-refractivity contribution < 1.29 is 13.2 Å². The van der Waals surface area contributed by atoms with E-state index in [1.54, 1.807) is 36.4 Å². The molecule has 2 rings (SSSR count). The summed E-state index contributed by atoms with van der Waals surface area (Å²) in [6.45, 7) is 0.274. The van der Waals surface area contributed by atoms with Crippen molar-refractivity contribution >= 4 is 21.9 Å². The lowest BCUT2D eigenvalue weighted by molar-refractivity contribution is 0.0951. The van der Waals surface area contributed by atoms with Crippen LogP contribution >= 0.6 is 0 Å². The number of sulfonamides is 1. The molecule has 0 atom stereocenters. The standard InChI is InChI=1S/C15H16N4O3S/c16-15(17)19-23(21,22)13-8-6-11(7-9-13)10-18-14(20)12-4-2-1-3-5-12/h1-9H,10H2,(H,18,20)(H4,16,17,19). The molecular weight excluding hydrogens is 316 g/mol. The summed E-state index contributed by atoms with van der Waals surface area (Å²) in [4.78, 5) is 11.9. The van der Waals surface area contributed by atoms with Gasteiger partial charge in [0.15, 0.2) is 0 Å². The molecule has 1 amide bonds. The minimum Gasteiger partial charge on any atom is -0.369 e. The van der Waals surface area contributed by atoms with Crippen molar-refractivity contribution in [1.82, 2.24) is 5.32 Å². The fourth-order valence-electron chi connectivity index (χ4n) is 1.84. The van der Waals surface area contributed by atoms with Crippen LogP contribution in [0.3, 0.4) is 0 Å². The highest BCUT2D eigenvalue weighted by molar-refractivity contribution is 7.90. The first kappa shape index (κ1) is 16.5. The van der Waals surface area contributed by atoms with Gasteiger partial charge in [0, 0.05) is 12.1 Å². The molecule has 0 spiro atoms. The van der Waals surface area contributed by atoms with E-state index in [0.717, 1.165) is 5.56 Å². The fourth-order valence-corrected chi connectivity index (χ4v) is 2.71. The van der Waals surface area contributed by atoms with Crippen LogP contribution in [0.15, 0.2) is 63.9 Å². The molecule has 0 saturated carbocycles. The normalized spacial score (nSPS) is 10.8. The number of nitrogens with zero attached hydrogens (tertiary/aromatic N) is 1. The van der Waals surface area contributed by atoms with Gasteiger partial charge in [-0.2, -0.15) is 8.42 Å². The van der Waals surface area contributed by atoms with Gasteiger partial charge in [0.1, 0.15) is 0 Å². The van der Waals surface area contributed by atoms with Gasteiger partial charge in [-0.25, -0.2) is 0 Å². The zero-order valence-electron chi connectivity index (χ0n) is 12.1. The molecule has 120 valence electrons. The van der Waals surface area contributed by atoms with Gasteiger partial charge in [-0.15, -0.1) is 4.40 Å². The molecule has 8 heteroatoms. The molecule has 2 aromatic rings. The Balaban J connectivity index is 2.04. The number of benzene rings is 2. The Labute approximate surface area is 134 Å². The first-order chi connectivity index (χ1) is 10.9. The van der Waals surface area contributed by atoms with Gasteiger partial charge in [-0.1, -0.05) is 30.3 Å². The summed E-state index contributed by atoms with van der Waals surface area (Å²) >= 11 is 0. The van der Waals surface area contributed by atoms with Crippen LogP contribution in [0.2, 0.25) is 0 Å². The quantitative estimate of drug-likeness (QED) is 0.545. The number of nitrogens with two attached hydrogens (primary N) is 2. The highest BCUT2D eigenvalue weighted by Crippen LogP contribution is 2.13. The van der Waals surface area contributed by atoms with Gasteiger partial charge in [0.05, 0.1) is 4.90 Å². The molecule has 7 nitrogen and oxygen atoms in total.